The first-order valence-corrected chi connectivity index (χ1v) is 8.17. The molecule has 0 radical (unpaired) electrons. The Hall–Kier alpha value is -1.55. The smallest absolute Gasteiger partial charge is 0.178 e. The van der Waals surface area contributed by atoms with Crippen molar-refractivity contribution in [3.63, 3.8) is 0 Å². The molecule has 0 saturated carbocycles. The summed E-state index contributed by atoms with van der Waals surface area (Å²) in [6, 6.07) is 9.28. The summed E-state index contributed by atoms with van der Waals surface area (Å²) in [6.45, 7) is 3.49. The average Bonchev–Trinajstić information content (AvgIpc) is 3.10. The molecule has 3 heterocycles. The van der Waals surface area contributed by atoms with Gasteiger partial charge in [0.15, 0.2) is 5.82 Å². The molecule has 2 aliphatic heterocycles. The van der Waals surface area contributed by atoms with Crippen molar-refractivity contribution in [3.8, 4) is 6.07 Å². The number of nitriles is 1. The van der Waals surface area contributed by atoms with E-state index in [2.05, 4.69) is 16.2 Å². The number of nitrogens with zero attached hydrogens (tertiary/aromatic N) is 4. The van der Waals surface area contributed by atoms with E-state index in [1.165, 1.54) is 11.8 Å². The molecule has 5 nitrogen and oxygen atoms in total. The first-order valence-electron chi connectivity index (χ1n) is 6.80. The van der Waals surface area contributed by atoms with E-state index in [4.69, 9.17) is 11.6 Å². The highest BCUT2D eigenvalue weighted by atomic mass is 35.5. The highest BCUT2D eigenvalue weighted by Crippen LogP contribution is 2.47. The van der Waals surface area contributed by atoms with Crippen molar-refractivity contribution in [2.24, 2.45) is 5.41 Å². The van der Waals surface area contributed by atoms with E-state index in [-0.39, 0.29) is 6.04 Å². The number of aromatic nitrogens is 3. The van der Waals surface area contributed by atoms with E-state index >= 15 is 0 Å². The Kier molecular flexibility index (Phi) is 3.68. The van der Waals surface area contributed by atoms with Crippen molar-refractivity contribution in [1.29, 1.82) is 5.26 Å². The molecule has 0 fully saturated rings. The van der Waals surface area contributed by atoms with Gasteiger partial charge in [-0.15, -0.1) is 11.8 Å². The average molecular weight is 335 g/mol. The van der Waals surface area contributed by atoms with Crippen LogP contribution in [0.2, 0.25) is 5.02 Å². The highest BCUT2D eigenvalue weighted by molar-refractivity contribution is 7.99. The van der Waals surface area contributed by atoms with Crippen LogP contribution < -0.4 is 0 Å². The van der Waals surface area contributed by atoms with Crippen molar-refractivity contribution >= 4 is 23.4 Å². The van der Waals surface area contributed by atoms with Gasteiger partial charge in [0.1, 0.15) is 18.0 Å². The zero-order valence-electron chi connectivity index (χ0n) is 12.2. The predicted molar refractivity (Wildman–Crippen MR) is 84.7 cm³/mol. The van der Waals surface area contributed by atoms with Crippen LogP contribution in [0.5, 0.6) is 0 Å². The number of halogens is 1. The predicted octanol–water partition coefficient (Wildman–Crippen LogP) is 2.91. The molecule has 2 unspecified atom stereocenters. The minimum atomic E-state index is -1.26. The molecule has 114 valence electrons. The normalized spacial score (nSPS) is 19.1. The van der Waals surface area contributed by atoms with Crippen LogP contribution in [-0.2, 0) is 0 Å². The Morgan fingerprint density at radius 2 is 2.09 bits per heavy atom. The maximum absolute atomic E-state index is 11.3. The summed E-state index contributed by atoms with van der Waals surface area (Å²) >= 11 is 7.38. The van der Waals surface area contributed by atoms with Crippen LogP contribution in [0.3, 0.4) is 0 Å². The molecule has 0 spiro atoms. The molecular weight excluding hydrogens is 320 g/mol. The lowest BCUT2D eigenvalue weighted by Gasteiger charge is -2.44. The van der Waals surface area contributed by atoms with Gasteiger partial charge in [0, 0.05) is 15.7 Å². The Balaban J connectivity index is 1.84. The van der Waals surface area contributed by atoms with Crippen LogP contribution in [0.1, 0.15) is 25.7 Å². The summed E-state index contributed by atoms with van der Waals surface area (Å²) in [4.78, 5) is 5.11. The molecule has 7 heteroatoms. The molecule has 2 bridgehead atoms. The number of aliphatic hydroxyl groups is 1. The quantitative estimate of drug-likeness (QED) is 0.851. The summed E-state index contributed by atoms with van der Waals surface area (Å²) in [7, 11) is 0. The van der Waals surface area contributed by atoms with Crippen molar-refractivity contribution in [2.45, 2.75) is 30.4 Å². The van der Waals surface area contributed by atoms with Crippen LogP contribution in [0.25, 0.3) is 0 Å². The zero-order chi connectivity index (χ0) is 16.0. The zero-order valence-corrected chi connectivity index (χ0v) is 13.8. The van der Waals surface area contributed by atoms with E-state index < -0.39 is 11.0 Å². The summed E-state index contributed by atoms with van der Waals surface area (Å²) in [6.07, 6.45) is 1.59. The monoisotopic (exact) mass is 334 g/mol. The maximum atomic E-state index is 11.3. The molecule has 22 heavy (non-hydrogen) atoms. The number of benzene rings is 1. The largest absolute Gasteiger partial charge is 0.385 e. The van der Waals surface area contributed by atoms with E-state index in [1.54, 1.807) is 24.9 Å². The fourth-order valence-electron chi connectivity index (χ4n) is 2.45. The SMILES string of the molecule is CC(C)(C#N)C(O)(CSc1ccc(Cl)cc1)C1c2ncn1n2. The lowest BCUT2D eigenvalue weighted by molar-refractivity contribution is -0.0629. The van der Waals surface area contributed by atoms with Gasteiger partial charge >= 0.3 is 0 Å². The summed E-state index contributed by atoms with van der Waals surface area (Å²) in [5.41, 5.74) is -2.20. The topological polar surface area (TPSA) is 74.7 Å². The Bertz CT molecular complexity index is 711. The van der Waals surface area contributed by atoms with E-state index in [0.29, 0.717) is 16.6 Å². The van der Waals surface area contributed by atoms with Crippen molar-refractivity contribution in [2.75, 3.05) is 5.75 Å². The van der Waals surface area contributed by atoms with E-state index in [1.807, 2.05) is 24.3 Å². The van der Waals surface area contributed by atoms with Gasteiger partial charge < -0.3 is 5.11 Å². The van der Waals surface area contributed by atoms with Gasteiger partial charge in [0.2, 0.25) is 0 Å². The van der Waals surface area contributed by atoms with Gasteiger partial charge in [-0.2, -0.15) is 10.4 Å². The van der Waals surface area contributed by atoms with Gasteiger partial charge in [-0.25, -0.2) is 9.67 Å². The fourth-order valence-corrected chi connectivity index (χ4v) is 3.81. The van der Waals surface area contributed by atoms with Gasteiger partial charge in [0.25, 0.3) is 0 Å². The van der Waals surface area contributed by atoms with Crippen LogP contribution in [0.4, 0.5) is 0 Å². The molecule has 2 atom stereocenters. The molecule has 0 aliphatic carbocycles. The molecule has 1 aromatic carbocycles. The maximum Gasteiger partial charge on any atom is 0.178 e. The second kappa shape index (κ2) is 5.27. The van der Waals surface area contributed by atoms with Crippen LogP contribution in [0, 0.1) is 16.7 Å². The Labute approximate surface area is 137 Å². The van der Waals surface area contributed by atoms with E-state index in [9.17, 15) is 10.4 Å². The molecule has 1 aromatic heterocycles. The summed E-state index contributed by atoms with van der Waals surface area (Å²) in [5, 5.41) is 25.6. The standard InChI is InChI=1S/C15H15ClN4OS/c1-14(2,7-17)15(21,12-13-18-9-20(12)19-13)8-22-11-5-3-10(16)4-6-11/h3-6,9,12,21H,8H2,1-2H3. The molecule has 0 saturated heterocycles. The van der Waals surface area contributed by atoms with Crippen LogP contribution >= 0.6 is 23.4 Å². The minimum absolute atomic E-state index is 0.359. The lowest BCUT2D eigenvalue weighted by atomic mass is 9.72. The van der Waals surface area contributed by atoms with Crippen molar-refractivity contribution < 1.29 is 5.11 Å². The molecule has 1 N–H and O–H groups in total. The highest BCUT2D eigenvalue weighted by Gasteiger charge is 2.56. The second-order valence-electron chi connectivity index (χ2n) is 5.89. The number of hydrogen-bond acceptors (Lipinski definition) is 5. The minimum Gasteiger partial charge on any atom is -0.385 e. The van der Waals surface area contributed by atoms with Crippen LogP contribution in [-0.4, -0.2) is 31.2 Å². The second-order valence-corrected chi connectivity index (χ2v) is 7.37. The number of thioether (sulfide) groups is 1. The summed E-state index contributed by atoms with van der Waals surface area (Å²) in [5.74, 6) is 0.946. The van der Waals surface area contributed by atoms with Crippen LogP contribution in [0.15, 0.2) is 35.5 Å². The van der Waals surface area contributed by atoms with Gasteiger partial charge in [0.05, 0.1) is 11.5 Å². The van der Waals surface area contributed by atoms with Gasteiger partial charge in [-0.05, 0) is 38.1 Å². The first-order chi connectivity index (χ1) is 10.4. The third-order valence-corrected chi connectivity index (χ3v) is 5.56. The number of rotatable bonds is 5. The van der Waals surface area contributed by atoms with Gasteiger partial charge in [-0.3, -0.25) is 0 Å². The molecular formula is C15H15ClN4OS. The number of fused-ring (bicyclic) bond motifs is 1. The third kappa shape index (κ3) is 2.30. The fraction of sp³-hybridized carbons (Fsp3) is 0.400. The molecule has 2 aliphatic rings. The van der Waals surface area contributed by atoms with Gasteiger partial charge in [-0.1, -0.05) is 11.6 Å². The number of hydrogen-bond donors (Lipinski definition) is 1. The molecule has 2 aromatic rings. The van der Waals surface area contributed by atoms with E-state index in [0.717, 1.165) is 4.90 Å². The summed E-state index contributed by atoms with van der Waals surface area (Å²) < 4.78 is 1.62. The lowest BCUT2D eigenvalue weighted by Crippen LogP contribution is -2.55. The molecule has 0 amide bonds. The third-order valence-electron chi connectivity index (χ3n) is 4.12. The van der Waals surface area contributed by atoms with Crippen molar-refractivity contribution in [1.82, 2.24) is 14.8 Å². The van der Waals surface area contributed by atoms with Crippen molar-refractivity contribution in [3.05, 3.63) is 41.4 Å². The first kappa shape index (κ1) is 15.3. The Morgan fingerprint density at radius 3 is 2.59 bits per heavy atom. The Morgan fingerprint density at radius 1 is 1.41 bits per heavy atom. The molecule has 4 rings (SSSR count).